The van der Waals surface area contributed by atoms with Crippen LogP contribution in [0.15, 0.2) is 35.9 Å². The van der Waals surface area contributed by atoms with Gasteiger partial charge in [-0.2, -0.15) is 0 Å². The van der Waals surface area contributed by atoms with Crippen LogP contribution in [-0.2, 0) is 4.79 Å². The molecule has 17 heavy (non-hydrogen) atoms. The van der Waals surface area contributed by atoms with Crippen LogP contribution in [0.3, 0.4) is 0 Å². The van der Waals surface area contributed by atoms with Gasteiger partial charge in [0, 0.05) is 18.8 Å². The molecule has 0 aliphatic carbocycles. The van der Waals surface area contributed by atoms with Crippen molar-refractivity contribution in [2.75, 3.05) is 18.0 Å². The molecule has 0 saturated carbocycles. The highest BCUT2D eigenvalue weighted by molar-refractivity contribution is 5.88. The van der Waals surface area contributed by atoms with E-state index in [1.165, 1.54) is 11.6 Å². The van der Waals surface area contributed by atoms with Gasteiger partial charge in [-0.05, 0) is 44.0 Å². The maximum absolute atomic E-state index is 13.1. The van der Waals surface area contributed by atoms with Gasteiger partial charge in [-0.25, -0.2) is 4.39 Å². The van der Waals surface area contributed by atoms with Crippen LogP contribution in [0.2, 0.25) is 0 Å². The van der Waals surface area contributed by atoms with Crippen molar-refractivity contribution >= 4 is 11.5 Å². The summed E-state index contributed by atoms with van der Waals surface area (Å²) >= 11 is 0. The lowest BCUT2D eigenvalue weighted by atomic mass is 10.0. The molecule has 1 fully saturated rings. The van der Waals surface area contributed by atoms with Crippen molar-refractivity contribution in [3.63, 3.8) is 0 Å². The Kier molecular flexibility index (Phi) is 3.57. The number of halogens is 1. The molecule has 0 radical (unpaired) electrons. The summed E-state index contributed by atoms with van der Waals surface area (Å²) in [7, 11) is 0. The van der Waals surface area contributed by atoms with Gasteiger partial charge >= 0.3 is 0 Å². The van der Waals surface area contributed by atoms with Gasteiger partial charge < -0.3 is 4.90 Å². The fourth-order valence-corrected chi connectivity index (χ4v) is 2.16. The molecule has 3 heteroatoms. The Morgan fingerprint density at radius 3 is 2.65 bits per heavy atom. The maximum atomic E-state index is 13.1. The molecule has 1 aromatic rings. The molecule has 0 spiro atoms. The van der Waals surface area contributed by atoms with E-state index in [0.29, 0.717) is 0 Å². The highest BCUT2D eigenvalue weighted by Crippen LogP contribution is 2.23. The molecule has 1 aliphatic rings. The normalized spacial score (nSPS) is 15.9. The first kappa shape index (κ1) is 11.8. The Labute approximate surface area is 101 Å². The van der Waals surface area contributed by atoms with Gasteiger partial charge in [0.15, 0.2) is 5.78 Å². The summed E-state index contributed by atoms with van der Waals surface area (Å²) < 4.78 is 13.1. The second-order valence-electron chi connectivity index (χ2n) is 4.38. The number of rotatable bonds is 2. The monoisotopic (exact) mass is 233 g/mol. The zero-order valence-corrected chi connectivity index (χ0v) is 9.95. The Balaban J connectivity index is 2.02. The van der Waals surface area contributed by atoms with Crippen LogP contribution in [0.5, 0.6) is 0 Å². The lowest BCUT2D eigenvalue weighted by Gasteiger charge is -2.30. The second-order valence-corrected chi connectivity index (χ2v) is 4.38. The van der Waals surface area contributed by atoms with Crippen LogP contribution >= 0.6 is 0 Å². The van der Waals surface area contributed by atoms with E-state index >= 15 is 0 Å². The Morgan fingerprint density at radius 2 is 2.06 bits per heavy atom. The quantitative estimate of drug-likeness (QED) is 0.732. The Hall–Kier alpha value is -1.64. The van der Waals surface area contributed by atoms with Crippen LogP contribution < -0.4 is 4.90 Å². The summed E-state index contributed by atoms with van der Waals surface area (Å²) in [6.07, 6.45) is 3.50. The first-order valence-corrected chi connectivity index (χ1v) is 5.85. The van der Waals surface area contributed by atoms with Gasteiger partial charge in [0.1, 0.15) is 5.82 Å². The maximum Gasteiger partial charge on any atom is 0.152 e. The highest BCUT2D eigenvalue weighted by atomic mass is 19.1. The van der Waals surface area contributed by atoms with E-state index in [4.69, 9.17) is 0 Å². The van der Waals surface area contributed by atoms with Crippen molar-refractivity contribution in [3.05, 3.63) is 41.7 Å². The Morgan fingerprint density at radius 1 is 1.35 bits per heavy atom. The highest BCUT2D eigenvalue weighted by Gasteiger charge is 2.14. The van der Waals surface area contributed by atoms with Crippen molar-refractivity contribution in [1.82, 2.24) is 0 Å². The number of anilines is 1. The average molecular weight is 233 g/mol. The van der Waals surface area contributed by atoms with E-state index in [1.54, 1.807) is 25.1 Å². The minimum Gasteiger partial charge on any atom is -0.371 e. The fraction of sp³-hybridized carbons (Fsp3) is 0.357. The zero-order chi connectivity index (χ0) is 12.3. The molecule has 1 aliphatic heterocycles. The molecule has 0 atom stereocenters. The predicted octanol–water partition coefficient (Wildman–Crippen LogP) is 2.94. The minimum absolute atomic E-state index is 0.110. The van der Waals surface area contributed by atoms with E-state index in [1.807, 2.05) is 6.07 Å². The van der Waals surface area contributed by atoms with Gasteiger partial charge in [0.25, 0.3) is 0 Å². The summed E-state index contributed by atoms with van der Waals surface area (Å²) in [5, 5.41) is 0. The number of carbonyl (C=O) groups is 1. The predicted molar refractivity (Wildman–Crippen MR) is 66.6 cm³/mol. The molecule has 0 unspecified atom stereocenters. The molecular formula is C14H16FNO. The van der Waals surface area contributed by atoms with Crippen LogP contribution in [-0.4, -0.2) is 18.9 Å². The van der Waals surface area contributed by atoms with Crippen molar-refractivity contribution in [2.24, 2.45) is 0 Å². The number of hydrogen-bond donors (Lipinski definition) is 0. The van der Waals surface area contributed by atoms with E-state index in [0.717, 1.165) is 31.6 Å². The number of benzene rings is 1. The van der Waals surface area contributed by atoms with Crippen molar-refractivity contribution in [1.29, 1.82) is 0 Å². The summed E-state index contributed by atoms with van der Waals surface area (Å²) in [5.74, 6) is -0.0909. The molecule has 1 heterocycles. The van der Waals surface area contributed by atoms with Crippen molar-refractivity contribution in [3.8, 4) is 0 Å². The van der Waals surface area contributed by atoms with Crippen LogP contribution in [0.25, 0.3) is 0 Å². The number of ketones is 1. The van der Waals surface area contributed by atoms with Gasteiger partial charge in [-0.3, -0.25) is 4.79 Å². The second kappa shape index (κ2) is 5.13. The molecule has 2 rings (SSSR count). The Bertz CT molecular complexity index is 443. The summed E-state index contributed by atoms with van der Waals surface area (Å²) in [4.78, 5) is 13.1. The van der Waals surface area contributed by atoms with E-state index in [2.05, 4.69) is 4.90 Å². The third kappa shape index (κ3) is 3.16. The number of carbonyl (C=O) groups excluding carboxylic acids is 1. The number of nitrogens with zero attached hydrogens (tertiary/aromatic N) is 1. The number of allylic oxidation sites excluding steroid dienone is 1. The summed E-state index contributed by atoms with van der Waals surface area (Å²) in [6.45, 7) is 3.27. The van der Waals surface area contributed by atoms with E-state index in [9.17, 15) is 9.18 Å². The topological polar surface area (TPSA) is 20.3 Å². The lowest BCUT2D eigenvalue weighted by molar-refractivity contribution is -0.112. The van der Waals surface area contributed by atoms with E-state index < -0.39 is 0 Å². The molecule has 1 saturated heterocycles. The molecule has 0 bridgehead atoms. The SMILES string of the molecule is CC(=O)C=C1CCN(c2cccc(F)c2)CC1. The van der Waals surface area contributed by atoms with Gasteiger partial charge in [0.05, 0.1) is 0 Å². The lowest BCUT2D eigenvalue weighted by Crippen LogP contribution is -2.30. The van der Waals surface area contributed by atoms with E-state index in [-0.39, 0.29) is 11.6 Å². The number of hydrogen-bond acceptors (Lipinski definition) is 2. The minimum atomic E-state index is -0.201. The first-order valence-electron chi connectivity index (χ1n) is 5.85. The average Bonchev–Trinajstić information content (AvgIpc) is 2.29. The van der Waals surface area contributed by atoms with Crippen LogP contribution in [0.4, 0.5) is 10.1 Å². The van der Waals surface area contributed by atoms with Gasteiger partial charge in [-0.1, -0.05) is 11.6 Å². The van der Waals surface area contributed by atoms with Crippen molar-refractivity contribution in [2.45, 2.75) is 19.8 Å². The molecule has 0 aromatic heterocycles. The molecular weight excluding hydrogens is 217 g/mol. The van der Waals surface area contributed by atoms with Crippen LogP contribution in [0, 0.1) is 5.82 Å². The third-order valence-corrected chi connectivity index (χ3v) is 2.99. The first-order chi connectivity index (χ1) is 8.15. The molecule has 1 aromatic carbocycles. The van der Waals surface area contributed by atoms with Crippen molar-refractivity contribution < 1.29 is 9.18 Å². The smallest absolute Gasteiger partial charge is 0.152 e. The van der Waals surface area contributed by atoms with Gasteiger partial charge in [-0.15, -0.1) is 0 Å². The third-order valence-electron chi connectivity index (χ3n) is 2.99. The van der Waals surface area contributed by atoms with Crippen LogP contribution in [0.1, 0.15) is 19.8 Å². The van der Waals surface area contributed by atoms with Gasteiger partial charge in [0.2, 0.25) is 0 Å². The largest absolute Gasteiger partial charge is 0.371 e. The standard InChI is InChI=1S/C14H16FNO/c1-11(17)9-12-5-7-16(8-6-12)14-4-2-3-13(15)10-14/h2-4,9-10H,5-8H2,1H3. The fourth-order valence-electron chi connectivity index (χ4n) is 2.16. The molecule has 90 valence electrons. The summed E-state index contributed by atoms with van der Waals surface area (Å²) in [6, 6.07) is 6.66. The molecule has 0 amide bonds. The number of piperidine rings is 1. The summed E-state index contributed by atoms with van der Waals surface area (Å²) in [5.41, 5.74) is 2.12. The molecule has 2 nitrogen and oxygen atoms in total. The molecule has 0 N–H and O–H groups in total. The zero-order valence-electron chi connectivity index (χ0n) is 9.95.